The molecule has 1 aliphatic carbocycles. The number of H-pyrrole nitrogens is 1. The largest absolute Gasteiger partial charge is 0.368 e. The minimum absolute atomic E-state index is 0.0750. The van der Waals surface area contributed by atoms with Crippen LogP contribution in [0.25, 0.3) is 0 Å². The second-order valence-electron chi connectivity index (χ2n) is 6.60. The molecule has 1 saturated heterocycles. The van der Waals surface area contributed by atoms with Gasteiger partial charge in [-0.2, -0.15) is 5.10 Å². The summed E-state index contributed by atoms with van der Waals surface area (Å²) in [6.07, 6.45) is 2.29. The number of hydrogen-bond donors (Lipinski definition) is 1. The number of hydrogen-bond acceptors (Lipinski definition) is 7. The van der Waals surface area contributed by atoms with Gasteiger partial charge in [0.25, 0.3) is 0 Å². The van der Waals surface area contributed by atoms with Crippen molar-refractivity contribution < 1.29 is 4.74 Å². The number of rotatable bonds is 5. The van der Waals surface area contributed by atoms with Crippen molar-refractivity contribution in [3.8, 4) is 0 Å². The van der Waals surface area contributed by atoms with Gasteiger partial charge in [0.05, 0.1) is 19.2 Å². The summed E-state index contributed by atoms with van der Waals surface area (Å²) in [7, 11) is 0. The molecule has 3 heterocycles. The molecule has 4 rings (SSSR count). The van der Waals surface area contributed by atoms with Gasteiger partial charge in [-0.3, -0.25) is 10.00 Å². The quantitative estimate of drug-likeness (QED) is 0.871. The summed E-state index contributed by atoms with van der Waals surface area (Å²) < 4.78 is 7.83. The fourth-order valence-corrected chi connectivity index (χ4v) is 2.82. The standard InChI is InChI=1S/C14H22N8O/c1-9(2)13-15-14(18-17-13)11-7-21(5-6-23-11)8-12-16-19-20-22(12)10-3-4-10/h9-11H,3-8H2,1-2H3,(H,15,17,18). The highest BCUT2D eigenvalue weighted by atomic mass is 16.5. The molecule has 23 heavy (non-hydrogen) atoms. The predicted molar refractivity (Wildman–Crippen MR) is 80.5 cm³/mol. The van der Waals surface area contributed by atoms with Crippen molar-refractivity contribution in [3.05, 3.63) is 17.5 Å². The molecule has 2 aromatic heterocycles. The van der Waals surface area contributed by atoms with Gasteiger partial charge >= 0.3 is 0 Å². The minimum Gasteiger partial charge on any atom is -0.368 e. The summed E-state index contributed by atoms with van der Waals surface area (Å²) in [4.78, 5) is 6.87. The summed E-state index contributed by atoms with van der Waals surface area (Å²) in [6, 6.07) is 0.500. The van der Waals surface area contributed by atoms with E-state index in [0.29, 0.717) is 18.6 Å². The van der Waals surface area contributed by atoms with E-state index in [4.69, 9.17) is 4.74 Å². The fourth-order valence-electron chi connectivity index (χ4n) is 2.82. The second kappa shape index (κ2) is 5.97. The highest BCUT2D eigenvalue weighted by Crippen LogP contribution is 2.34. The maximum Gasteiger partial charge on any atom is 0.165 e. The Balaban J connectivity index is 1.43. The molecule has 0 bridgehead atoms. The molecule has 9 heteroatoms. The van der Waals surface area contributed by atoms with Gasteiger partial charge < -0.3 is 4.74 Å². The molecule has 0 spiro atoms. The van der Waals surface area contributed by atoms with E-state index in [1.807, 2.05) is 4.68 Å². The van der Waals surface area contributed by atoms with Crippen LogP contribution in [-0.2, 0) is 11.3 Å². The van der Waals surface area contributed by atoms with E-state index in [2.05, 4.69) is 49.5 Å². The third kappa shape index (κ3) is 3.11. The highest BCUT2D eigenvalue weighted by Gasteiger charge is 2.30. The topological polar surface area (TPSA) is 97.6 Å². The van der Waals surface area contributed by atoms with Crippen molar-refractivity contribution >= 4 is 0 Å². The van der Waals surface area contributed by atoms with Crippen LogP contribution >= 0.6 is 0 Å². The van der Waals surface area contributed by atoms with Gasteiger partial charge in [0, 0.05) is 19.0 Å². The Morgan fingerprint density at radius 1 is 1.35 bits per heavy atom. The molecule has 0 amide bonds. The van der Waals surface area contributed by atoms with Crippen molar-refractivity contribution in [2.45, 2.75) is 51.3 Å². The van der Waals surface area contributed by atoms with E-state index in [0.717, 1.165) is 37.1 Å². The lowest BCUT2D eigenvalue weighted by molar-refractivity contribution is -0.0381. The fraction of sp³-hybridized carbons (Fsp3) is 0.786. The average molecular weight is 318 g/mol. The molecule has 2 aliphatic rings. The van der Waals surface area contributed by atoms with Crippen molar-refractivity contribution in [2.75, 3.05) is 19.7 Å². The maximum atomic E-state index is 5.86. The van der Waals surface area contributed by atoms with E-state index >= 15 is 0 Å². The van der Waals surface area contributed by atoms with E-state index in [-0.39, 0.29) is 6.10 Å². The van der Waals surface area contributed by atoms with Gasteiger partial charge in [0.2, 0.25) is 0 Å². The van der Waals surface area contributed by atoms with E-state index in [9.17, 15) is 0 Å². The van der Waals surface area contributed by atoms with Gasteiger partial charge in [-0.15, -0.1) is 5.10 Å². The Bertz CT molecular complexity index is 661. The van der Waals surface area contributed by atoms with Crippen molar-refractivity contribution in [3.63, 3.8) is 0 Å². The van der Waals surface area contributed by atoms with Crippen LogP contribution in [-0.4, -0.2) is 60.0 Å². The number of nitrogens with zero attached hydrogens (tertiary/aromatic N) is 7. The third-order valence-corrected chi connectivity index (χ3v) is 4.31. The van der Waals surface area contributed by atoms with Crippen LogP contribution in [0.4, 0.5) is 0 Å². The molecular formula is C14H22N8O. The number of aromatic amines is 1. The zero-order valence-electron chi connectivity index (χ0n) is 13.5. The molecule has 1 saturated carbocycles. The first-order valence-corrected chi connectivity index (χ1v) is 8.23. The molecule has 0 radical (unpaired) electrons. The molecule has 1 unspecified atom stereocenters. The van der Waals surface area contributed by atoms with Crippen LogP contribution in [0.1, 0.15) is 62.2 Å². The summed E-state index contributed by atoms with van der Waals surface area (Å²) in [5.41, 5.74) is 0. The molecular weight excluding hydrogens is 296 g/mol. The zero-order chi connectivity index (χ0) is 15.8. The Morgan fingerprint density at radius 3 is 2.96 bits per heavy atom. The monoisotopic (exact) mass is 318 g/mol. The van der Waals surface area contributed by atoms with Crippen molar-refractivity contribution in [1.82, 2.24) is 40.3 Å². The lowest BCUT2D eigenvalue weighted by atomic mass is 10.2. The van der Waals surface area contributed by atoms with Crippen LogP contribution in [0.2, 0.25) is 0 Å². The third-order valence-electron chi connectivity index (χ3n) is 4.31. The first-order valence-electron chi connectivity index (χ1n) is 8.23. The molecule has 2 fully saturated rings. The van der Waals surface area contributed by atoms with Gasteiger partial charge in [-0.05, 0) is 23.3 Å². The Labute approximate surface area is 134 Å². The van der Waals surface area contributed by atoms with E-state index in [1.54, 1.807) is 0 Å². The normalized spacial score (nSPS) is 22.8. The average Bonchev–Trinajstić information content (AvgIpc) is 3.09. The molecule has 124 valence electrons. The molecule has 1 atom stereocenters. The summed E-state index contributed by atoms with van der Waals surface area (Å²) >= 11 is 0. The molecule has 0 aromatic carbocycles. The van der Waals surface area contributed by atoms with Crippen molar-refractivity contribution in [2.24, 2.45) is 0 Å². The molecule has 1 aliphatic heterocycles. The van der Waals surface area contributed by atoms with E-state index in [1.165, 1.54) is 12.8 Å². The molecule has 1 N–H and O–H groups in total. The van der Waals surface area contributed by atoms with Crippen molar-refractivity contribution in [1.29, 1.82) is 0 Å². The maximum absolute atomic E-state index is 5.86. The van der Waals surface area contributed by atoms with Crippen LogP contribution in [0.3, 0.4) is 0 Å². The zero-order valence-corrected chi connectivity index (χ0v) is 13.5. The van der Waals surface area contributed by atoms with Crippen LogP contribution in [0.15, 0.2) is 0 Å². The summed E-state index contributed by atoms with van der Waals surface area (Å²) in [6.45, 7) is 7.22. The predicted octanol–water partition coefficient (Wildman–Crippen LogP) is 0.823. The van der Waals surface area contributed by atoms with Crippen LogP contribution in [0.5, 0.6) is 0 Å². The number of tetrazole rings is 1. The van der Waals surface area contributed by atoms with Crippen LogP contribution < -0.4 is 0 Å². The second-order valence-corrected chi connectivity index (χ2v) is 6.60. The lowest BCUT2D eigenvalue weighted by Gasteiger charge is -2.31. The Hall–Kier alpha value is -1.87. The SMILES string of the molecule is CC(C)c1n[nH]c(C2CN(Cc3nnnn3C3CC3)CCO2)n1. The summed E-state index contributed by atoms with van der Waals surface area (Å²) in [5.74, 6) is 2.88. The van der Waals surface area contributed by atoms with Gasteiger partial charge in [-0.1, -0.05) is 13.8 Å². The number of ether oxygens (including phenoxy) is 1. The first kappa shape index (κ1) is 14.7. The highest BCUT2D eigenvalue weighted by molar-refractivity contribution is 5.00. The molecule has 2 aromatic rings. The van der Waals surface area contributed by atoms with Gasteiger partial charge in [0.1, 0.15) is 6.10 Å². The first-order chi connectivity index (χ1) is 11.2. The number of aromatic nitrogens is 7. The smallest absolute Gasteiger partial charge is 0.165 e. The Kier molecular flexibility index (Phi) is 3.82. The number of morpholine rings is 1. The lowest BCUT2D eigenvalue weighted by Crippen LogP contribution is -2.38. The molecule has 9 nitrogen and oxygen atoms in total. The van der Waals surface area contributed by atoms with E-state index < -0.39 is 0 Å². The van der Waals surface area contributed by atoms with Crippen LogP contribution in [0, 0.1) is 0 Å². The van der Waals surface area contributed by atoms with Gasteiger partial charge in [-0.25, -0.2) is 9.67 Å². The Morgan fingerprint density at radius 2 is 2.22 bits per heavy atom. The summed E-state index contributed by atoms with van der Waals surface area (Å²) in [5, 5.41) is 19.4. The number of nitrogens with one attached hydrogen (secondary N) is 1. The van der Waals surface area contributed by atoms with Gasteiger partial charge in [0.15, 0.2) is 17.5 Å². The minimum atomic E-state index is -0.0750.